The highest BCUT2D eigenvalue weighted by Crippen LogP contribution is 2.38. The Balaban J connectivity index is 1.79. The van der Waals surface area contributed by atoms with E-state index in [1.54, 1.807) is 19.1 Å². The number of aliphatic imine (C=N–C) groups is 1. The van der Waals surface area contributed by atoms with Crippen molar-refractivity contribution in [1.82, 2.24) is 15.5 Å². The van der Waals surface area contributed by atoms with Crippen molar-refractivity contribution in [2.24, 2.45) is 10.4 Å². The highest BCUT2D eigenvalue weighted by Gasteiger charge is 2.42. The molecule has 1 fully saturated rings. The van der Waals surface area contributed by atoms with Crippen molar-refractivity contribution in [2.75, 3.05) is 47.9 Å². The smallest absolute Gasteiger partial charge is 0.230 e. The minimum atomic E-state index is -0.321. The van der Waals surface area contributed by atoms with Crippen molar-refractivity contribution >= 4 is 11.9 Å². The van der Waals surface area contributed by atoms with Crippen molar-refractivity contribution in [3.8, 4) is 11.5 Å². The van der Waals surface area contributed by atoms with Gasteiger partial charge in [0.1, 0.15) is 18.1 Å². The molecule has 1 aliphatic rings. The molecule has 150 valence electrons. The van der Waals surface area contributed by atoms with Gasteiger partial charge in [-0.05, 0) is 25.0 Å². The van der Waals surface area contributed by atoms with Crippen molar-refractivity contribution in [2.45, 2.75) is 25.7 Å². The van der Waals surface area contributed by atoms with Crippen LogP contribution in [0.4, 0.5) is 0 Å². The van der Waals surface area contributed by atoms with Gasteiger partial charge in [-0.15, -0.1) is 0 Å². The minimum absolute atomic E-state index is 0.198. The zero-order valence-electron chi connectivity index (χ0n) is 16.9. The summed E-state index contributed by atoms with van der Waals surface area (Å²) in [6.45, 7) is 1.70. The predicted octanol–water partition coefficient (Wildman–Crippen LogP) is 1.89. The summed E-state index contributed by atoms with van der Waals surface area (Å²) < 4.78 is 10.9. The monoisotopic (exact) mass is 376 g/mol. The standard InChI is InChI=1S/C20H32N4O3/c1-21-19(22-12-13-27-17-9-7-8-16(14-17)26-4)23-15-20(10-5-6-11-20)18(25)24(2)3/h7-9,14H,5-6,10-13,15H2,1-4H3,(H2,21,22,23). The molecular weight excluding hydrogens is 344 g/mol. The van der Waals surface area contributed by atoms with Gasteiger partial charge in [-0.3, -0.25) is 9.79 Å². The fraction of sp³-hybridized carbons (Fsp3) is 0.600. The Kier molecular flexibility index (Phi) is 7.76. The maximum absolute atomic E-state index is 12.6. The number of rotatable bonds is 8. The predicted molar refractivity (Wildman–Crippen MR) is 107 cm³/mol. The Hall–Kier alpha value is -2.44. The molecule has 0 bridgehead atoms. The average molecular weight is 377 g/mol. The number of nitrogens with one attached hydrogen (secondary N) is 2. The lowest BCUT2D eigenvalue weighted by Crippen LogP contribution is -2.49. The maximum atomic E-state index is 12.6. The van der Waals surface area contributed by atoms with Gasteiger partial charge < -0.3 is 25.0 Å². The van der Waals surface area contributed by atoms with Crippen LogP contribution < -0.4 is 20.1 Å². The first-order valence-electron chi connectivity index (χ1n) is 9.44. The van der Waals surface area contributed by atoms with Gasteiger partial charge in [-0.25, -0.2) is 0 Å². The van der Waals surface area contributed by atoms with E-state index in [-0.39, 0.29) is 11.3 Å². The summed E-state index contributed by atoms with van der Waals surface area (Å²) >= 11 is 0. The number of ether oxygens (including phenoxy) is 2. The molecule has 2 rings (SSSR count). The third-order valence-electron chi connectivity index (χ3n) is 4.94. The largest absolute Gasteiger partial charge is 0.497 e. The van der Waals surface area contributed by atoms with Gasteiger partial charge in [0.15, 0.2) is 5.96 Å². The second-order valence-corrected chi connectivity index (χ2v) is 7.07. The maximum Gasteiger partial charge on any atom is 0.230 e. The number of hydrogen-bond donors (Lipinski definition) is 2. The number of hydrogen-bond acceptors (Lipinski definition) is 4. The first kappa shape index (κ1) is 20.9. The highest BCUT2D eigenvalue weighted by molar-refractivity contribution is 5.85. The van der Waals surface area contributed by atoms with Crippen LogP contribution >= 0.6 is 0 Å². The zero-order valence-corrected chi connectivity index (χ0v) is 16.9. The van der Waals surface area contributed by atoms with E-state index in [4.69, 9.17) is 9.47 Å². The molecule has 0 radical (unpaired) electrons. The first-order chi connectivity index (χ1) is 13.0. The van der Waals surface area contributed by atoms with E-state index >= 15 is 0 Å². The molecule has 2 N–H and O–H groups in total. The second kappa shape index (κ2) is 10.0. The van der Waals surface area contributed by atoms with Gasteiger partial charge >= 0.3 is 0 Å². The Labute approximate surface area is 162 Å². The van der Waals surface area contributed by atoms with Crippen LogP contribution in [0.1, 0.15) is 25.7 Å². The van der Waals surface area contributed by atoms with E-state index in [0.29, 0.717) is 25.7 Å². The molecule has 0 aliphatic heterocycles. The van der Waals surface area contributed by atoms with Crippen LogP contribution in [0, 0.1) is 5.41 Å². The lowest BCUT2D eigenvalue weighted by Gasteiger charge is -2.31. The van der Waals surface area contributed by atoms with Crippen LogP contribution in [0.5, 0.6) is 11.5 Å². The molecule has 0 saturated heterocycles. The van der Waals surface area contributed by atoms with Crippen LogP contribution in [0.3, 0.4) is 0 Å². The van der Waals surface area contributed by atoms with Crippen molar-refractivity contribution in [3.63, 3.8) is 0 Å². The van der Waals surface area contributed by atoms with Crippen molar-refractivity contribution < 1.29 is 14.3 Å². The Bertz CT molecular complexity index is 640. The number of carbonyl (C=O) groups is 1. The Morgan fingerprint density at radius 3 is 2.56 bits per heavy atom. The van der Waals surface area contributed by atoms with Gasteiger partial charge in [0.25, 0.3) is 0 Å². The van der Waals surface area contributed by atoms with Gasteiger partial charge in [0, 0.05) is 33.8 Å². The molecule has 1 aliphatic carbocycles. The number of methoxy groups -OCH3 is 1. The summed E-state index contributed by atoms with van der Waals surface area (Å²) in [6, 6.07) is 7.52. The summed E-state index contributed by atoms with van der Waals surface area (Å²) in [4.78, 5) is 18.6. The molecule has 1 amide bonds. The Morgan fingerprint density at radius 1 is 1.22 bits per heavy atom. The normalized spacial score (nSPS) is 15.9. The van der Waals surface area contributed by atoms with Crippen LogP contribution in [-0.4, -0.2) is 64.7 Å². The molecular formula is C20H32N4O3. The summed E-state index contributed by atoms with van der Waals surface area (Å²) in [6.07, 6.45) is 4.04. The number of carbonyl (C=O) groups excluding carboxylic acids is 1. The second-order valence-electron chi connectivity index (χ2n) is 7.07. The van der Waals surface area contributed by atoms with Gasteiger partial charge in [0.2, 0.25) is 5.91 Å². The molecule has 7 heteroatoms. The van der Waals surface area contributed by atoms with Crippen molar-refractivity contribution in [1.29, 1.82) is 0 Å². The highest BCUT2D eigenvalue weighted by atomic mass is 16.5. The van der Waals surface area contributed by atoms with Crippen LogP contribution in [-0.2, 0) is 4.79 Å². The molecule has 1 aromatic carbocycles. The van der Waals surface area contributed by atoms with E-state index in [0.717, 1.165) is 37.2 Å². The summed E-state index contributed by atoms with van der Waals surface area (Å²) in [5.41, 5.74) is -0.321. The number of benzene rings is 1. The fourth-order valence-corrected chi connectivity index (χ4v) is 3.50. The summed E-state index contributed by atoms with van der Waals surface area (Å²) in [7, 11) is 7.01. The van der Waals surface area contributed by atoms with Crippen molar-refractivity contribution in [3.05, 3.63) is 24.3 Å². The molecule has 0 unspecified atom stereocenters. The number of guanidine groups is 1. The summed E-state index contributed by atoms with van der Waals surface area (Å²) in [5, 5.41) is 6.56. The lowest BCUT2D eigenvalue weighted by molar-refractivity contribution is -0.138. The third kappa shape index (κ3) is 5.77. The molecule has 0 spiro atoms. The molecule has 1 saturated carbocycles. The molecule has 7 nitrogen and oxygen atoms in total. The van der Waals surface area contributed by atoms with E-state index in [1.165, 1.54) is 0 Å². The molecule has 1 aromatic rings. The van der Waals surface area contributed by atoms with Crippen LogP contribution in [0.15, 0.2) is 29.3 Å². The average Bonchev–Trinajstić information content (AvgIpc) is 3.17. The summed E-state index contributed by atoms with van der Waals surface area (Å²) in [5.74, 6) is 2.41. The fourth-order valence-electron chi connectivity index (χ4n) is 3.50. The quantitative estimate of drug-likeness (QED) is 0.412. The molecule has 0 atom stereocenters. The Morgan fingerprint density at radius 2 is 1.93 bits per heavy atom. The minimum Gasteiger partial charge on any atom is -0.497 e. The van der Waals surface area contributed by atoms with E-state index < -0.39 is 0 Å². The third-order valence-corrected chi connectivity index (χ3v) is 4.94. The van der Waals surface area contributed by atoms with E-state index in [2.05, 4.69) is 15.6 Å². The van der Waals surface area contributed by atoms with E-state index in [1.807, 2.05) is 38.4 Å². The lowest BCUT2D eigenvalue weighted by atomic mass is 9.84. The molecule has 27 heavy (non-hydrogen) atoms. The molecule has 0 heterocycles. The van der Waals surface area contributed by atoms with Crippen LogP contribution in [0.25, 0.3) is 0 Å². The number of nitrogens with zero attached hydrogens (tertiary/aromatic N) is 2. The zero-order chi connectivity index (χ0) is 19.7. The first-order valence-corrected chi connectivity index (χ1v) is 9.44. The SMILES string of the molecule is CN=C(NCCOc1cccc(OC)c1)NCC1(C(=O)N(C)C)CCCC1. The van der Waals surface area contributed by atoms with Crippen LogP contribution in [0.2, 0.25) is 0 Å². The molecule has 0 aromatic heterocycles. The van der Waals surface area contributed by atoms with E-state index in [9.17, 15) is 4.79 Å². The number of amides is 1. The van der Waals surface area contributed by atoms with Gasteiger partial charge in [-0.1, -0.05) is 18.9 Å². The topological polar surface area (TPSA) is 75.2 Å². The van der Waals surface area contributed by atoms with Gasteiger partial charge in [0.05, 0.1) is 19.1 Å². The van der Waals surface area contributed by atoms with Gasteiger partial charge in [-0.2, -0.15) is 0 Å².